The number of hydrogen-bond acceptors (Lipinski definition) is 4. The molecule has 0 saturated heterocycles. The van der Waals surface area contributed by atoms with E-state index in [1.807, 2.05) is 12.1 Å². The Bertz CT molecular complexity index is 1090. The Balaban J connectivity index is 1.67. The van der Waals surface area contributed by atoms with Gasteiger partial charge in [0.1, 0.15) is 0 Å². The molecular formula is C28H36ClN3O3. The number of H-pyrrole nitrogens is 1. The number of amides is 1. The Labute approximate surface area is 212 Å². The fourth-order valence-corrected chi connectivity index (χ4v) is 4.25. The van der Waals surface area contributed by atoms with E-state index in [1.54, 1.807) is 19.1 Å². The van der Waals surface area contributed by atoms with Crippen LogP contribution in [0.5, 0.6) is 0 Å². The van der Waals surface area contributed by atoms with Crippen LogP contribution in [-0.2, 0) is 15.4 Å². The summed E-state index contributed by atoms with van der Waals surface area (Å²) in [7, 11) is 0. The van der Waals surface area contributed by atoms with Crippen LogP contribution in [0.3, 0.4) is 0 Å². The lowest BCUT2D eigenvalue weighted by Gasteiger charge is -2.19. The van der Waals surface area contributed by atoms with Crippen molar-refractivity contribution in [3.05, 3.63) is 65.4 Å². The molecule has 3 rings (SSSR count). The van der Waals surface area contributed by atoms with Crippen molar-refractivity contribution in [1.29, 1.82) is 0 Å². The lowest BCUT2D eigenvalue weighted by atomic mass is 10.0. The molecule has 0 aliphatic rings. The molecule has 3 aromatic rings. The Morgan fingerprint density at radius 1 is 1.03 bits per heavy atom. The maximum atomic E-state index is 12.4. The molecule has 2 aromatic carbocycles. The molecule has 3 N–H and O–H groups in total. The van der Waals surface area contributed by atoms with Gasteiger partial charge in [-0.05, 0) is 61.4 Å². The molecule has 1 atom stereocenters. The van der Waals surface area contributed by atoms with Crippen LogP contribution in [0.15, 0.2) is 48.5 Å². The summed E-state index contributed by atoms with van der Waals surface area (Å²) in [5.41, 5.74) is 4.85. The van der Waals surface area contributed by atoms with Gasteiger partial charge in [0.15, 0.2) is 0 Å². The lowest BCUT2D eigenvalue weighted by molar-refractivity contribution is -0.142. The van der Waals surface area contributed by atoms with Crippen molar-refractivity contribution in [2.45, 2.75) is 64.3 Å². The number of carbonyl (C=O) groups excluding carboxylic acids is 2. The number of rotatable bonds is 14. The predicted octanol–water partition coefficient (Wildman–Crippen LogP) is 6.71. The normalized spacial score (nSPS) is 11.9. The van der Waals surface area contributed by atoms with E-state index >= 15 is 0 Å². The minimum atomic E-state index is -0.312. The number of alkyl halides is 1. The van der Waals surface area contributed by atoms with Crippen LogP contribution in [0, 0.1) is 0 Å². The number of anilines is 1. The summed E-state index contributed by atoms with van der Waals surface area (Å²) in [5.74, 6) is -0.0198. The smallest absolute Gasteiger partial charge is 0.307 e. The Morgan fingerprint density at radius 2 is 1.83 bits per heavy atom. The van der Waals surface area contributed by atoms with Crippen LogP contribution in [0.1, 0.15) is 80.0 Å². The molecular weight excluding hydrogens is 462 g/mol. The van der Waals surface area contributed by atoms with E-state index in [-0.39, 0.29) is 30.9 Å². The van der Waals surface area contributed by atoms with E-state index in [2.05, 4.69) is 46.8 Å². The highest BCUT2D eigenvalue weighted by Crippen LogP contribution is 2.28. The van der Waals surface area contributed by atoms with Gasteiger partial charge in [0.25, 0.3) is 5.91 Å². The van der Waals surface area contributed by atoms with E-state index in [1.165, 1.54) is 19.3 Å². The van der Waals surface area contributed by atoms with Crippen molar-refractivity contribution in [1.82, 2.24) is 10.3 Å². The summed E-state index contributed by atoms with van der Waals surface area (Å²) in [6, 6.07) is 16.0. The third kappa shape index (κ3) is 8.03. The average Bonchev–Trinajstić information content (AvgIpc) is 3.29. The fourth-order valence-electron chi connectivity index (χ4n) is 4.09. The van der Waals surface area contributed by atoms with Crippen LogP contribution in [0.25, 0.3) is 10.9 Å². The van der Waals surface area contributed by atoms with Gasteiger partial charge in [0, 0.05) is 40.3 Å². The van der Waals surface area contributed by atoms with Crippen molar-refractivity contribution >= 4 is 40.1 Å². The molecule has 188 valence electrons. The number of fused-ring (bicyclic) bond motifs is 1. The van der Waals surface area contributed by atoms with Gasteiger partial charge in [0.2, 0.25) is 0 Å². The van der Waals surface area contributed by atoms with Gasteiger partial charge in [-0.2, -0.15) is 0 Å². The van der Waals surface area contributed by atoms with Gasteiger partial charge in [-0.3, -0.25) is 9.59 Å². The first-order valence-corrected chi connectivity index (χ1v) is 13.1. The van der Waals surface area contributed by atoms with Gasteiger partial charge >= 0.3 is 5.97 Å². The second-order valence-corrected chi connectivity index (χ2v) is 8.98. The summed E-state index contributed by atoms with van der Waals surface area (Å²) in [6.45, 7) is 4.57. The van der Waals surface area contributed by atoms with E-state index in [4.69, 9.17) is 16.3 Å². The van der Waals surface area contributed by atoms with Crippen molar-refractivity contribution in [3.63, 3.8) is 0 Å². The predicted molar refractivity (Wildman–Crippen MR) is 143 cm³/mol. The Hall–Kier alpha value is -2.99. The standard InChI is InChI=1S/C28H36ClN3O3/c1-3-5-6-7-8-25(26-18-22-17-20(19-29)9-14-24(22)32-26)31-23-12-10-21(11-13-23)28(34)30-16-15-27(33)35-4-2/h9-14,17-18,25,31-32H,3-8,15-16,19H2,1-2H3,(H,30,34). The van der Waals surface area contributed by atoms with Gasteiger partial charge in [-0.25, -0.2) is 0 Å². The SMILES string of the molecule is CCCCCCC(Nc1ccc(C(=O)NCCC(=O)OCC)cc1)c1cc2cc(CCl)ccc2[nH]1. The zero-order chi connectivity index (χ0) is 25.0. The van der Waals surface area contributed by atoms with Gasteiger partial charge in [-0.15, -0.1) is 11.6 Å². The number of esters is 1. The van der Waals surface area contributed by atoms with Crippen molar-refractivity contribution in [2.24, 2.45) is 0 Å². The van der Waals surface area contributed by atoms with Crippen LogP contribution >= 0.6 is 11.6 Å². The number of benzene rings is 2. The zero-order valence-corrected chi connectivity index (χ0v) is 21.4. The first kappa shape index (κ1) is 26.6. The number of aromatic amines is 1. The molecule has 1 heterocycles. The highest BCUT2D eigenvalue weighted by Gasteiger charge is 2.15. The maximum absolute atomic E-state index is 12.4. The quantitative estimate of drug-likeness (QED) is 0.131. The lowest BCUT2D eigenvalue weighted by Crippen LogP contribution is -2.26. The topological polar surface area (TPSA) is 83.2 Å². The van der Waals surface area contributed by atoms with Gasteiger partial charge in [-0.1, -0.05) is 38.7 Å². The van der Waals surface area contributed by atoms with Crippen molar-refractivity contribution in [2.75, 3.05) is 18.5 Å². The fraction of sp³-hybridized carbons (Fsp3) is 0.429. The molecule has 7 heteroatoms. The first-order chi connectivity index (χ1) is 17.0. The summed E-state index contributed by atoms with van der Waals surface area (Å²) >= 11 is 6.02. The highest BCUT2D eigenvalue weighted by atomic mass is 35.5. The second-order valence-electron chi connectivity index (χ2n) is 8.71. The van der Waals surface area contributed by atoms with Gasteiger partial charge in [0.05, 0.1) is 19.1 Å². The maximum Gasteiger partial charge on any atom is 0.307 e. The number of carbonyl (C=O) groups is 2. The van der Waals surface area contributed by atoms with Crippen LogP contribution in [0.4, 0.5) is 5.69 Å². The van der Waals surface area contributed by atoms with Crippen LogP contribution in [-0.4, -0.2) is 30.0 Å². The van der Waals surface area contributed by atoms with E-state index in [0.717, 1.165) is 40.7 Å². The number of unbranched alkanes of at least 4 members (excludes halogenated alkanes) is 3. The summed E-state index contributed by atoms with van der Waals surface area (Å²) in [6.07, 6.45) is 5.94. The molecule has 0 aliphatic carbocycles. The summed E-state index contributed by atoms with van der Waals surface area (Å²) in [4.78, 5) is 27.4. The molecule has 0 bridgehead atoms. The Morgan fingerprint density at radius 3 is 2.54 bits per heavy atom. The Kier molecular flexibility index (Phi) is 10.5. The molecule has 0 spiro atoms. The first-order valence-electron chi connectivity index (χ1n) is 12.5. The molecule has 6 nitrogen and oxygen atoms in total. The highest BCUT2D eigenvalue weighted by molar-refractivity contribution is 6.17. The largest absolute Gasteiger partial charge is 0.466 e. The number of aromatic nitrogens is 1. The second kappa shape index (κ2) is 13.8. The molecule has 0 saturated carbocycles. The molecule has 0 radical (unpaired) electrons. The third-order valence-electron chi connectivity index (χ3n) is 5.99. The van der Waals surface area contributed by atoms with E-state index < -0.39 is 0 Å². The van der Waals surface area contributed by atoms with Crippen molar-refractivity contribution < 1.29 is 14.3 Å². The van der Waals surface area contributed by atoms with Crippen molar-refractivity contribution in [3.8, 4) is 0 Å². The minimum Gasteiger partial charge on any atom is -0.466 e. The van der Waals surface area contributed by atoms with Crippen LogP contribution < -0.4 is 10.6 Å². The molecule has 35 heavy (non-hydrogen) atoms. The number of nitrogens with one attached hydrogen (secondary N) is 3. The van der Waals surface area contributed by atoms with E-state index in [0.29, 0.717) is 18.1 Å². The number of ether oxygens (including phenoxy) is 1. The van der Waals surface area contributed by atoms with Gasteiger partial charge < -0.3 is 20.4 Å². The molecule has 1 amide bonds. The number of hydrogen-bond donors (Lipinski definition) is 3. The average molecular weight is 498 g/mol. The molecule has 1 aromatic heterocycles. The van der Waals surface area contributed by atoms with Crippen LogP contribution in [0.2, 0.25) is 0 Å². The number of halogens is 1. The zero-order valence-electron chi connectivity index (χ0n) is 20.7. The molecule has 0 fully saturated rings. The third-order valence-corrected chi connectivity index (χ3v) is 6.30. The summed E-state index contributed by atoms with van der Waals surface area (Å²) in [5, 5.41) is 7.57. The minimum absolute atomic E-state index is 0.128. The molecule has 1 unspecified atom stereocenters. The molecule has 0 aliphatic heterocycles. The summed E-state index contributed by atoms with van der Waals surface area (Å²) < 4.78 is 4.88. The van der Waals surface area contributed by atoms with E-state index in [9.17, 15) is 9.59 Å². The monoisotopic (exact) mass is 497 g/mol.